The summed E-state index contributed by atoms with van der Waals surface area (Å²) in [6, 6.07) is 6.38. The van der Waals surface area contributed by atoms with Crippen LogP contribution in [-0.2, 0) is 11.2 Å². The molecule has 0 aliphatic heterocycles. The van der Waals surface area contributed by atoms with Crippen LogP contribution in [0.5, 0.6) is 0 Å². The van der Waals surface area contributed by atoms with Gasteiger partial charge in [0.15, 0.2) is 0 Å². The van der Waals surface area contributed by atoms with Gasteiger partial charge in [-0.2, -0.15) is 0 Å². The van der Waals surface area contributed by atoms with Gasteiger partial charge in [-0.1, -0.05) is 23.8 Å². The number of halogens is 1. The number of benzene rings is 1. The molecule has 16 heavy (non-hydrogen) atoms. The van der Waals surface area contributed by atoms with Gasteiger partial charge in [0, 0.05) is 11.8 Å². The number of aryl methyl sites for hydroxylation is 2. The van der Waals surface area contributed by atoms with Gasteiger partial charge in [-0.25, -0.2) is 0 Å². The van der Waals surface area contributed by atoms with E-state index in [2.05, 4.69) is 32.0 Å². The van der Waals surface area contributed by atoms with Crippen molar-refractivity contribution in [3.63, 3.8) is 0 Å². The molecule has 0 aliphatic carbocycles. The summed E-state index contributed by atoms with van der Waals surface area (Å²) in [5.41, 5.74) is 3.77. The second-order valence-corrected chi connectivity index (χ2v) is 4.80. The summed E-state index contributed by atoms with van der Waals surface area (Å²) in [6.45, 7) is 5.82. The molecule has 0 heterocycles. The number of hydrogen-bond donors (Lipinski definition) is 0. The van der Waals surface area contributed by atoms with Crippen LogP contribution in [0.15, 0.2) is 18.2 Å². The first-order chi connectivity index (χ1) is 7.54. The van der Waals surface area contributed by atoms with E-state index in [0.29, 0.717) is 5.88 Å². The zero-order valence-electron chi connectivity index (χ0n) is 10.2. The van der Waals surface area contributed by atoms with Crippen LogP contribution in [0.2, 0.25) is 0 Å². The third kappa shape index (κ3) is 3.64. The molecular weight excluding hydrogens is 220 g/mol. The fourth-order valence-corrected chi connectivity index (χ4v) is 2.13. The van der Waals surface area contributed by atoms with Gasteiger partial charge < -0.3 is 0 Å². The van der Waals surface area contributed by atoms with Crippen LogP contribution in [0.1, 0.15) is 30.0 Å². The lowest BCUT2D eigenvalue weighted by Gasteiger charge is -2.14. The van der Waals surface area contributed by atoms with Crippen molar-refractivity contribution >= 4 is 17.4 Å². The Labute approximate surface area is 103 Å². The highest BCUT2D eigenvalue weighted by atomic mass is 35.5. The summed E-state index contributed by atoms with van der Waals surface area (Å²) in [5.74, 6) is 0.856. The largest absolute Gasteiger partial charge is 0.300 e. The quantitative estimate of drug-likeness (QED) is 0.716. The van der Waals surface area contributed by atoms with E-state index in [9.17, 15) is 4.79 Å². The van der Waals surface area contributed by atoms with Crippen molar-refractivity contribution in [1.29, 1.82) is 0 Å². The summed E-state index contributed by atoms with van der Waals surface area (Å²) in [5, 5.41) is 0. The molecule has 0 N–H and O–H groups in total. The molecule has 0 amide bonds. The smallest absolute Gasteiger partial charge is 0.133 e. The minimum absolute atomic E-state index is 0.0676. The molecule has 1 unspecified atom stereocenters. The summed E-state index contributed by atoms with van der Waals surface area (Å²) in [7, 11) is 0. The molecule has 0 bridgehead atoms. The van der Waals surface area contributed by atoms with E-state index in [1.807, 2.05) is 0 Å². The average Bonchev–Trinajstić information content (AvgIpc) is 2.22. The lowest BCUT2D eigenvalue weighted by Crippen LogP contribution is -2.15. The lowest BCUT2D eigenvalue weighted by molar-refractivity contribution is -0.120. The summed E-state index contributed by atoms with van der Waals surface area (Å²) >= 11 is 5.73. The molecule has 1 atom stereocenters. The van der Waals surface area contributed by atoms with Gasteiger partial charge in [0.25, 0.3) is 0 Å². The standard InChI is InChI=1S/C14H19ClO/c1-10-4-5-11(2)14(8-10)9-13(6-7-15)12(3)16/h4-5,8,13H,6-7,9H2,1-3H3. The predicted octanol–water partition coefficient (Wildman–Crippen LogP) is 3.68. The average molecular weight is 239 g/mol. The fraction of sp³-hybridized carbons (Fsp3) is 0.500. The molecule has 0 aromatic heterocycles. The van der Waals surface area contributed by atoms with Crippen molar-refractivity contribution in [2.45, 2.75) is 33.6 Å². The van der Waals surface area contributed by atoms with Crippen LogP contribution in [0.3, 0.4) is 0 Å². The van der Waals surface area contributed by atoms with E-state index < -0.39 is 0 Å². The van der Waals surface area contributed by atoms with Gasteiger partial charge in [0.05, 0.1) is 0 Å². The SMILES string of the molecule is CC(=O)C(CCCl)Cc1cc(C)ccc1C. The maximum absolute atomic E-state index is 11.5. The van der Waals surface area contributed by atoms with Crippen LogP contribution in [0.4, 0.5) is 0 Å². The van der Waals surface area contributed by atoms with Crippen molar-refractivity contribution in [3.8, 4) is 0 Å². The molecule has 0 aliphatic rings. The number of ketones is 1. The first-order valence-corrected chi connectivity index (χ1v) is 6.20. The highest BCUT2D eigenvalue weighted by Crippen LogP contribution is 2.18. The van der Waals surface area contributed by atoms with E-state index in [1.54, 1.807) is 6.92 Å². The van der Waals surface area contributed by atoms with Gasteiger partial charge in [0.1, 0.15) is 5.78 Å². The van der Waals surface area contributed by atoms with Crippen molar-refractivity contribution < 1.29 is 4.79 Å². The van der Waals surface area contributed by atoms with E-state index in [0.717, 1.165) is 12.8 Å². The van der Waals surface area contributed by atoms with Crippen LogP contribution in [0.25, 0.3) is 0 Å². The molecule has 1 nitrogen and oxygen atoms in total. The molecule has 1 rings (SSSR count). The Hall–Kier alpha value is -0.820. The second kappa shape index (κ2) is 6.05. The topological polar surface area (TPSA) is 17.1 Å². The number of carbonyl (C=O) groups excluding carboxylic acids is 1. The molecule has 2 heteroatoms. The van der Waals surface area contributed by atoms with Gasteiger partial charge in [-0.3, -0.25) is 4.79 Å². The second-order valence-electron chi connectivity index (χ2n) is 4.42. The Morgan fingerprint density at radius 1 is 1.38 bits per heavy atom. The third-order valence-electron chi connectivity index (χ3n) is 3.00. The Balaban J connectivity index is 2.84. The first kappa shape index (κ1) is 13.2. The van der Waals surface area contributed by atoms with Crippen molar-refractivity contribution in [1.82, 2.24) is 0 Å². The summed E-state index contributed by atoms with van der Waals surface area (Å²) in [4.78, 5) is 11.5. The highest BCUT2D eigenvalue weighted by Gasteiger charge is 2.15. The zero-order valence-corrected chi connectivity index (χ0v) is 11.0. The molecule has 0 radical (unpaired) electrons. The number of Topliss-reactive ketones (excluding diaryl/α,β-unsaturated/α-hetero) is 1. The Morgan fingerprint density at radius 2 is 2.06 bits per heavy atom. The predicted molar refractivity (Wildman–Crippen MR) is 69.1 cm³/mol. The molecule has 1 aromatic rings. The number of hydrogen-bond acceptors (Lipinski definition) is 1. The van der Waals surface area contributed by atoms with E-state index in [-0.39, 0.29) is 11.7 Å². The maximum atomic E-state index is 11.5. The normalized spacial score (nSPS) is 12.5. The third-order valence-corrected chi connectivity index (χ3v) is 3.22. The Kier molecular flexibility index (Phi) is 5.01. The Bertz CT molecular complexity index is 371. The number of alkyl halides is 1. The van der Waals surface area contributed by atoms with Crippen molar-refractivity contribution in [3.05, 3.63) is 34.9 Å². The van der Waals surface area contributed by atoms with Gasteiger partial charge in [-0.15, -0.1) is 11.6 Å². The van der Waals surface area contributed by atoms with Crippen LogP contribution >= 0.6 is 11.6 Å². The summed E-state index contributed by atoms with van der Waals surface area (Å²) in [6.07, 6.45) is 1.58. The number of carbonyl (C=O) groups is 1. The zero-order chi connectivity index (χ0) is 12.1. The maximum Gasteiger partial charge on any atom is 0.133 e. The van der Waals surface area contributed by atoms with Gasteiger partial charge in [0.2, 0.25) is 0 Å². The van der Waals surface area contributed by atoms with Crippen LogP contribution in [-0.4, -0.2) is 11.7 Å². The van der Waals surface area contributed by atoms with Crippen molar-refractivity contribution in [2.24, 2.45) is 5.92 Å². The minimum Gasteiger partial charge on any atom is -0.300 e. The molecule has 88 valence electrons. The molecule has 0 saturated heterocycles. The van der Waals surface area contributed by atoms with Gasteiger partial charge in [-0.05, 0) is 44.7 Å². The van der Waals surface area contributed by atoms with Crippen LogP contribution < -0.4 is 0 Å². The molecule has 0 spiro atoms. The number of rotatable bonds is 5. The molecular formula is C14H19ClO. The van der Waals surface area contributed by atoms with Crippen LogP contribution in [0, 0.1) is 19.8 Å². The van der Waals surface area contributed by atoms with Gasteiger partial charge >= 0.3 is 0 Å². The summed E-state index contributed by atoms with van der Waals surface area (Å²) < 4.78 is 0. The molecule has 0 fully saturated rings. The van der Waals surface area contributed by atoms with Crippen molar-refractivity contribution in [2.75, 3.05) is 5.88 Å². The van der Waals surface area contributed by atoms with E-state index in [1.165, 1.54) is 16.7 Å². The first-order valence-electron chi connectivity index (χ1n) is 5.67. The van der Waals surface area contributed by atoms with E-state index >= 15 is 0 Å². The molecule has 1 aromatic carbocycles. The van der Waals surface area contributed by atoms with E-state index in [4.69, 9.17) is 11.6 Å². The monoisotopic (exact) mass is 238 g/mol. The highest BCUT2D eigenvalue weighted by molar-refractivity contribution is 6.18. The fourth-order valence-electron chi connectivity index (χ4n) is 1.87. The Morgan fingerprint density at radius 3 is 2.62 bits per heavy atom. The lowest BCUT2D eigenvalue weighted by atomic mass is 9.91. The molecule has 0 saturated carbocycles. The minimum atomic E-state index is 0.0676.